The number of hydrogen-bond acceptors (Lipinski definition) is 1. The minimum atomic E-state index is 0.642. The van der Waals surface area contributed by atoms with Crippen molar-refractivity contribution in [3.8, 4) is 0 Å². The summed E-state index contributed by atoms with van der Waals surface area (Å²) in [6.07, 6.45) is 8.97. The summed E-state index contributed by atoms with van der Waals surface area (Å²) in [5.41, 5.74) is 6.64. The highest BCUT2D eigenvalue weighted by atomic mass is 14.7. The van der Waals surface area contributed by atoms with Crippen molar-refractivity contribution in [2.24, 2.45) is 28.9 Å². The van der Waals surface area contributed by atoms with Crippen LogP contribution in [0, 0.1) is 23.2 Å². The van der Waals surface area contributed by atoms with Crippen molar-refractivity contribution in [2.45, 2.75) is 38.5 Å². The molecule has 2 bridgehead atoms. The van der Waals surface area contributed by atoms with Gasteiger partial charge in [-0.2, -0.15) is 0 Å². The molecule has 1 heteroatoms. The molecular formula is C11H19N. The number of nitrogens with two attached hydrogens (primary N) is 1. The van der Waals surface area contributed by atoms with Gasteiger partial charge in [0, 0.05) is 0 Å². The predicted molar refractivity (Wildman–Crippen MR) is 49.7 cm³/mol. The van der Waals surface area contributed by atoms with E-state index in [1.807, 2.05) is 0 Å². The summed E-state index contributed by atoms with van der Waals surface area (Å²) in [6, 6.07) is 0. The summed E-state index contributed by atoms with van der Waals surface area (Å²) < 4.78 is 0. The molecule has 0 unspecified atom stereocenters. The number of fused-ring (bicyclic) bond motifs is 5. The Balaban J connectivity index is 1.98. The van der Waals surface area contributed by atoms with Gasteiger partial charge in [-0.05, 0) is 61.8 Å². The highest BCUT2D eigenvalue weighted by molar-refractivity contribution is 5.09. The van der Waals surface area contributed by atoms with Gasteiger partial charge in [0.15, 0.2) is 0 Å². The molecule has 12 heavy (non-hydrogen) atoms. The molecule has 2 N–H and O–H groups in total. The van der Waals surface area contributed by atoms with Crippen LogP contribution in [0.5, 0.6) is 0 Å². The van der Waals surface area contributed by atoms with Gasteiger partial charge in [-0.1, -0.05) is 6.42 Å². The lowest BCUT2D eigenvalue weighted by Gasteiger charge is -2.38. The molecule has 3 rings (SSSR count). The van der Waals surface area contributed by atoms with Gasteiger partial charge < -0.3 is 5.73 Å². The standard InChI is InChI=1S/C11H19N/c12-7-11-5-1-2-10(11)8-3-4-9(11)6-8/h8-10H,1-7,12H2/t8-,9+,10-,11+/m0/s1. The summed E-state index contributed by atoms with van der Waals surface area (Å²) in [7, 11) is 0. The summed E-state index contributed by atoms with van der Waals surface area (Å²) in [4.78, 5) is 0. The van der Waals surface area contributed by atoms with Gasteiger partial charge in [0.2, 0.25) is 0 Å². The van der Waals surface area contributed by atoms with Gasteiger partial charge in [0.05, 0.1) is 0 Å². The van der Waals surface area contributed by atoms with Gasteiger partial charge in [-0.3, -0.25) is 0 Å². The van der Waals surface area contributed by atoms with Crippen molar-refractivity contribution in [2.75, 3.05) is 6.54 Å². The topological polar surface area (TPSA) is 26.0 Å². The zero-order valence-corrected chi connectivity index (χ0v) is 7.76. The number of rotatable bonds is 1. The fourth-order valence-electron chi connectivity index (χ4n) is 4.66. The third-order valence-corrected chi connectivity index (χ3v) is 5.13. The van der Waals surface area contributed by atoms with Crippen molar-refractivity contribution in [1.82, 2.24) is 0 Å². The molecule has 3 aliphatic rings. The molecule has 68 valence electrons. The third-order valence-electron chi connectivity index (χ3n) is 5.13. The van der Waals surface area contributed by atoms with E-state index in [9.17, 15) is 0 Å². The van der Waals surface area contributed by atoms with E-state index in [0.29, 0.717) is 5.41 Å². The van der Waals surface area contributed by atoms with E-state index in [1.54, 1.807) is 0 Å². The van der Waals surface area contributed by atoms with E-state index >= 15 is 0 Å². The first-order chi connectivity index (χ1) is 5.87. The quantitative estimate of drug-likeness (QED) is 0.633. The molecule has 0 aromatic rings. The zero-order chi connectivity index (χ0) is 8.18. The highest BCUT2D eigenvalue weighted by Gasteiger charge is 2.58. The molecule has 0 aromatic carbocycles. The van der Waals surface area contributed by atoms with Gasteiger partial charge in [-0.25, -0.2) is 0 Å². The van der Waals surface area contributed by atoms with E-state index in [4.69, 9.17) is 5.73 Å². The maximum atomic E-state index is 6.00. The van der Waals surface area contributed by atoms with Crippen LogP contribution in [-0.4, -0.2) is 6.54 Å². The summed E-state index contributed by atoms with van der Waals surface area (Å²) in [5, 5.41) is 0. The molecule has 0 amide bonds. The van der Waals surface area contributed by atoms with Crippen molar-refractivity contribution in [3.63, 3.8) is 0 Å². The third kappa shape index (κ3) is 0.654. The van der Waals surface area contributed by atoms with Gasteiger partial charge >= 0.3 is 0 Å². The van der Waals surface area contributed by atoms with Crippen LogP contribution in [-0.2, 0) is 0 Å². The normalized spacial score (nSPS) is 56.2. The summed E-state index contributed by atoms with van der Waals surface area (Å²) >= 11 is 0. The van der Waals surface area contributed by atoms with Crippen LogP contribution < -0.4 is 5.73 Å². The molecule has 3 saturated carbocycles. The Morgan fingerprint density at radius 3 is 2.92 bits per heavy atom. The van der Waals surface area contributed by atoms with E-state index in [2.05, 4.69) is 0 Å². The Kier molecular flexibility index (Phi) is 1.39. The average molecular weight is 165 g/mol. The second kappa shape index (κ2) is 2.25. The molecule has 3 aliphatic carbocycles. The molecule has 0 radical (unpaired) electrons. The molecule has 3 fully saturated rings. The van der Waals surface area contributed by atoms with Crippen molar-refractivity contribution in [1.29, 1.82) is 0 Å². The van der Waals surface area contributed by atoms with Crippen LogP contribution >= 0.6 is 0 Å². The van der Waals surface area contributed by atoms with Gasteiger partial charge in [-0.15, -0.1) is 0 Å². The second-order valence-electron chi connectivity index (χ2n) is 5.21. The first-order valence-electron chi connectivity index (χ1n) is 5.57. The monoisotopic (exact) mass is 165 g/mol. The van der Waals surface area contributed by atoms with E-state index in [0.717, 1.165) is 24.3 Å². The van der Waals surface area contributed by atoms with Crippen LogP contribution in [0.15, 0.2) is 0 Å². The lowest BCUT2D eigenvalue weighted by atomic mass is 9.68. The molecule has 0 spiro atoms. The first-order valence-corrected chi connectivity index (χ1v) is 5.57. The molecule has 0 aromatic heterocycles. The van der Waals surface area contributed by atoms with Crippen LogP contribution in [0.1, 0.15) is 38.5 Å². The fraction of sp³-hybridized carbons (Fsp3) is 1.00. The minimum absolute atomic E-state index is 0.642. The van der Waals surface area contributed by atoms with Crippen molar-refractivity contribution < 1.29 is 0 Å². The van der Waals surface area contributed by atoms with Crippen LogP contribution in [0.25, 0.3) is 0 Å². The van der Waals surface area contributed by atoms with Crippen LogP contribution in [0.3, 0.4) is 0 Å². The van der Waals surface area contributed by atoms with E-state index < -0.39 is 0 Å². The Hall–Kier alpha value is -0.0400. The summed E-state index contributed by atoms with van der Waals surface area (Å²) in [5.74, 6) is 3.15. The first kappa shape index (κ1) is 7.37. The van der Waals surface area contributed by atoms with Crippen molar-refractivity contribution in [3.05, 3.63) is 0 Å². The summed E-state index contributed by atoms with van der Waals surface area (Å²) in [6.45, 7) is 0.985. The lowest BCUT2D eigenvalue weighted by Crippen LogP contribution is -2.39. The predicted octanol–water partition coefficient (Wildman–Crippen LogP) is 2.16. The SMILES string of the molecule is NC[C@@]12CCC[C@H]1[C@H]1CC[C@@H]2C1. The molecule has 0 saturated heterocycles. The van der Waals surface area contributed by atoms with Gasteiger partial charge in [0.1, 0.15) is 0 Å². The Morgan fingerprint density at radius 1 is 1.25 bits per heavy atom. The van der Waals surface area contributed by atoms with Crippen molar-refractivity contribution >= 4 is 0 Å². The molecule has 4 atom stereocenters. The molecule has 1 nitrogen and oxygen atoms in total. The molecule has 0 heterocycles. The lowest BCUT2D eigenvalue weighted by molar-refractivity contribution is 0.121. The fourth-order valence-corrected chi connectivity index (χ4v) is 4.66. The maximum absolute atomic E-state index is 6.00. The molecular weight excluding hydrogens is 146 g/mol. The zero-order valence-electron chi connectivity index (χ0n) is 7.76. The highest BCUT2D eigenvalue weighted by Crippen LogP contribution is 2.65. The minimum Gasteiger partial charge on any atom is -0.330 e. The van der Waals surface area contributed by atoms with Crippen LogP contribution in [0.4, 0.5) is 0 Å². The average Bonchev–Trinajstić information content (AvgIpc) is 2.76. The Labute approximate surface area is 74.7 Å². The smallest absolute Gasteiger partial charge is 0.00151 e. The number of hydrogen-bond donors (Lipinski definition) is 1. The Bertz CT molecular complexity index is 201. The van der Waals surface area contributed by atoms with E-state index in [-0.39, 0.29) is 0 Å². The van der Waals surface area contributed by atoms with Crippen LogP contribution in [0.2, 0.25) is 0 Å². The maximum Gasteiger partial charge on any atom is -0.00151 e. The Morgan fingerprint density at radius 2 is 2.17 bits per heavy atom. The second-order valence-corrected chi connectivity index (χ2v) is 5.21. The largest absolute Gasteiger partial charge is 0.330 e. The van der Waals surface area contributed by atoms with Gasteiger partial charge in [0.25, 0.3) is 0 Å². The van der Waals surface area contributed by atoms with E-state index in [1.165, 1.54) is 38.5 Å². The molecule has 0 aliphatic heterocycles.